The van der Waals surface area contributed by atoms with Crippen LogP contribution >= 0.6 is 0 Å². The van der Waals surface area contributed by atoms with E-state index in [1.54, 1.807) is 6.92 Å². The fourth-order valence-corrected chi connectivity index (χ4v) is 2.85. The summed E-state index contributed by atoms with van der Waals surface area (Å²) in [5, 5.41) is 0. The minimum absolute atomic E-state index is 0.134. The molecule has 0 aromatic heterocycles. The van der Waals surface area contributed by atoms with Crippen molar-refractivity contribution >= 4 is 9.84 Å². The second-order valence-corrected chi connectivity index (χ2v) is 7.01. The van der Waals surface area contributed by atoms with Crippen molar-refractivity contribution in [2.75, 3.05) is 5.75 Å². The lowest BCUT2D eigenvalue weighted by Gasteiger charge is -2.05. The second kappa shape index (κ2) is 6.02. The van der Waals surface area contributed by atoms with Crippen LogP contribution in [0.2, 0.25) is 0 Å². The first-order chi connectivity index (χ1) is 9.09. The van der Waals surface area contributed by atoms with Gasteiger partial charge in [-0.1, -0.05) is 61.5 Å². The van der Waals surface area contributed by atoms with Crippen LogP contribution in [0.5, 0.6) is 0 Å². The van der Waals surface area contributed by atoms with E-state index in [1.165, 1.54) is 11.1 Å². The van der Waals surface area contributed by atoms with Crippen LogP contribution < -0.4 is 0 Å². The Kier molecular flexibility index (Phi) is 4.38. The van der Waals surface area contributed by atoms with Gasteiger partial charge in [-0.25, -0.2) is 8.42 Å². The molecule has 3 heteroatoms. The number of rotatable bonds is 5. The predicted molar refractivity (Wildman–Crippen MR) is 78.9 cm³/mol. The molecule has 0 N–H and O–H groups in total. The molecule has 2 nitrogen and oxygen atoms in total. The summed E-state index contributed by atoms with van der Waals surface area (Å²) in [6.07, 6.45) is 0.877. The van der Waals surface area contributed by atoms with Gasteiger partial charge in [0, 0.05) is 5.75 Å². The summed E-state index contributed by atoms with van der Waals surface area (Å²) in [6, 6.07) is 18.1. The smallest absolute Gasteiger partial charge is 0.154 e. The summed E-state index contributed by atoms with van der Waals surface area (Å²) in [5.41, 5.74) is 3.32. The van der Waals surface area contributed by atoms with Gasteiger partial charge >= 0.3 is 0 Å². The van der Waals surface area contributed by atoms with Gasteiger partial charge in [0.15, 0.2) is 9.84 Å². The summed E-state index contributed by atoms with van der Waals surface area (Å²) in [6.45, 7) is 1.68. The largest absolute Gasteiger partial charge is 0.229 e. The van der Waals surface area contributed by atoms with Crippen LogP contribution in [0.4, 0.5) is 0 Å². The zero-order valence-electron chi connectivity index (χ0n) is 11.0. The molecule has 2 aromatic carbocycles. The lowest BCUT2D eigenvalue weighted by Crippen LogP contribution is -2.06. The Morgan fingerprint density at radius 3 is 1.89 bits per heavy atom. The van der Waals surface area contributed by atoms with E-state index in [-0.39, 0.29) is 11.5 Å². The van der Waals surface area contributed by atoms with Gasteiger partial charge in [0.2, 0.25) is 0 Å². The van der Waals surface area contributed by atoms with Gasteiger partial charge in [0.05, 0.1) is 5.75 Å². The van der Waals surface area contributed by atoms with E-state index in [0.717, 1.165) is 12.0 Å². The summed E-state index contributed by atoms with van der Waals surface area (Å²) < 4.78 is 23.1. The molecule has 0 saturated carbocycles. The maximum atomic E-state index is 11.5. The van der Waals surface area contributed by atoms with Crippen LogP contribution in [0, 0.1) is 0 Å². The molecule has 2 aromatic rings. The second-order valence-electron chi connectivity index (χ2n) is 4.66. The molecule has 0 aliphatic heterocycles. The van der Waals surface area contributed by atoms with Crippen molar-refractivity contribution in [1.82, 2.24) is 0 Å². The summed E-state index contributed by atoms with van der Waals surface area (Å²) in [7, 11) is -2.94. The lowest BCUT2D eigenvalue weighted by atomic mass is 10.0. The molecule has 0 spiro atoms. The van der Waals surface area contributed by atoms with E-state index in [9.17, 15) is 8.42 Å². The molecule has 100 valence electrons. The Morgan fingerprint density at radius 2 is 1.32 bits per heavy atom. The molecular formula is C16H18O2S. The van der Waals surface area contributed by atoms with Crippen LogP contribution in [0.1, 0.15) is 23.6 Å². The maximum Gasteiger partial charge on any atom is 0.154 e. The number of hydrogen-bond acceptors (Lipinski definition) is 2. The Balaban J connectivity index is 2.07. The fourth-order valence-electron chi connectivity index (χ4n) is 1.94. The van der Waals surface area contributed by atoms with Gasteiger partial charge in [-0.15, -0.1) is 0 Å². The highest BCUT2D eigenvalue weighted by Crippen LogP contribution is 2.12. The van der Waals surface area contributed by atoms with Crippen molar-refractivity contribution in [2.24, 2.45) is 0 Å². The normalized spacial score (nSPS) is 11.4. The topological polar surface area (TPSA) is 34.1 Å². The molecule has 0 fully saturated rings. The van der Waals surface area contributed by atoms with E-state index in [2.05, 4.69) is 12.1 Å². The third-order valence-corrected chi connectivity index (χ3v) is 4.75. The summed E-state index contributed by atoms with van der Waals surface area (Å²) in [5.74, 6) is 0.327. The molecule has 2 rings (SSSR count). The predicted octanol–water partition coefficient (Wildman–Crippen LogP) is 3.21. The average Bonchev–Trinajstić information content (AvgIpc) is 2.42. The SMILES string of the molecule is CCS(=O)(=O)Cc1ccc(Cc2ccccc2)cc1. The Bertz CT molecular complexity index is 614. The Morgan fingerprint density at radius 1 is 0.789 bits per heavy atom. The first-order valence-corrected chi connectivity index (χ1v) is 8.23. The standard InChI is InChI=1S/C16H18O2S/c1-2-19(17,18)13-16-10-8-15(9-11-16)12-14-6-4-3-5-7-14/h3-11H,2,12-13H2,1H3. The highest BCUT2D eigenvalue weighted by atomic mass is 32.2. The summed E-state index contributed by atoms with van der Waals surface area (Å²) in [4.78, 5) is 0. The first-order valence-electron chi connectivity index (χ1n) is 6.41. The minimum Gasteiger partial charge on any atom is -0.229 e. The molecule has 0 amide bonds. The van der Waals surface area contributed by atoms with Crippen molar-refractivity contribution in [3.63, 3.8) is 0 Å². The lowest BCUT2D eigenvalue weighted by molar-refractivity contribution is 0.596. The molecular weight excluding hydrogens is 256 g/mol. The van der Waals surface area contributed by atoms with E-state index in [0.29, 0.717) is 0 Å². The van der Waals surface area contributed by atoms with Gasteiger partial charge in [-0.05, 0) is 23.1 Å². The van der Waals surface area contributed by atoms with Crippen LogP contribution in [-0.2, 0) is 22.0 Å². The molecule has 0 bridgehead atoms. The quantitative estimate of drug-likeness (QED) is 0.839. The van der Waals surface area contributed by atoms with E-state index < -0.39 is 9.84 Å². The van der Waals surface area contributed by atoms with Crippen molar-refractivity contribution in [1.29, 1.82) is 0 Å². The van der Waals surface area contributed by atoms with Crippen molar-refractivity contribution < 1.29 is 8.42 Å². The van der Waals surface area contributed by atoms with E-state index in [1.807, 2.05) is 42.5 Å². The minimum atomic E-state index is -2.94. The van der Waals surface area contributed by atoms with Crippen molar-refractivity contribution in [3.05, 3.63) is 71.3 Å². The van der Waals surface area contributed by atoms with Crippen LogP contribution in [0.15, 0.2) is 54.6 Å². The average molecular weight is 274 g/mol. The van der Waals surface area contributed by atoms with Gasteiger partial charge in [0.25, 0.3) is 0 Å². The van der Waals surface area contributed by atoms with Gasteiger partial charge in [-0.2, -0.15) is 0 Å². The number of benzene rings is 2. The highest BCUT2D eigenvalue weighted by Gasteiger charge is 2.08. The monoisotopic (exact) mass is 274 g/mol. The molecule has 0 saturated heterocycles. The number of hydrogen-bond donors (Lipinski definition) is 0. The van der Waals surface area contributed by atoms with E-state index >= 15 is 0 Å². The molecule has 0 atom stereocenters. The molecule has 0 heterocycles. The third kappa shape index (κ3) is 4.21. The third-order valence-electron chi connectivity index (χ3n) is 3.10. The molecule has 0 aliphatic carbocycles. The van der Waals surface area contributed by atoms with Gasteiger partial charge < -0.3 is 0 Å². The zero-order valence-corrected chi connectivity index (χ0v) is 11.9. The van der Waals surface area contributed by atoms with Crippen molar-refractivity contribution in [3.8, 4) is 0 Å². The van der Waals surface area contributed by atoms with Crippen LogP contribution in [0.25, 0.3) is 0 Å². The maximum absolute atomic E-state index is 11.5. The van der Waals surface area contributed by atoms with Gasteiger partial charge in [-0.3, -0.25) is 0 Å². The highest BCUT2D eigenvalue weighted by molar-refractivity contribution is 7.90. The zero-order chi connectivity index (χ0) is 13.7. The molecule has 0 radical (unpaired) electrons. The van der Waals surface area contributed by atoms with E-state index in [4.69, 9.17) is 0 Å². The van der Waals surface area contributed by atoms with Gasteiger partial charge in [0.1, 0.15) is 0 Å². The van der Waals surface area contributed by atoms with Crippen molar-refractivity contribution in [2.45, 2.75) is 19.1 Å². The molecule has 19 heavy (non-hydrogen) atoms. The fraction of sp³-hybridized carbons (Fsp3) is 0.250. The Labute approximate surface area is 115 Å². The summed E-state index contributed by atoms with van der Waals surface area (Å²) >= 11 is 0. The first kappa shape index (κ1) is 13.8. The molecule has 0 unspecified atom stereocenters. The Hall–Kier alpha value is -1.61. The van der Waals surface area contributed by atoms with Crippen LogP contribution in [0.3, 0.4) is 0 Å². The molecule has 0 aliphatic rings. The van der Waals surface area contributed by atoms with Crippen LogP contribution in [-0.4, -0.2) is 14.2 Å². The number of sulfone groups is 1.